The van der Waals surface area contributed by atoms with Crippen molar-refractivity contribution in [1.82, 2.24) is 4.98 Å². The highest BCUT2D eigenvalue weighted by Crippen LogP contribution is 2.12. The van der Waals surface area contributed by atoms with Crippen LogP contribution < -0.4 is 5.73 Å². The predicted molar refractivity (Wildman–Crippen MR) is 65.2 cm³/mol. The van der Waals surface area contributed by atoms with E-state index in [-0.39, 0.29) is 17.1 Å². The Balaban J connectivity index is 2.77. The Labute approximate surface area is 105 Å². The second kappa shape index (κ2) is 6.58. The lowest BCUT2D eigenvalue weighted by molar-refractivity contribution is 0.0491. The van der Waals surface area contributed by atoms with Crippen LogP contribution in [0.3, 0.4) is 0 Å². The van der Waals surface area contributed by atoms with Gasteiger partial charge >= 0.3 is 11.9 Å². The molecule has 0 saturated carbocycles. The van der Waals surface area contributed by atoms with E-state index in [1.54, 1.807) is 0 Å². The first-order chi connectivity index (χ1) is 8.60. The first kappa shape index (κ1) is 14.0. The summed E-state index contributed by atoms with van der Waals surface area (Å²) in [5.41, 5.74) is 5.78. The topological polar surface area (TPSA) is 91.5 Å². The smallest absolute Gasteiger partial charge is 0.357 e. The summed E-state index contributed by atoms with van der Waals surface area (Å²) >= 11 is 0. The van der Waals surface area contributed by atoms with Crippen LogP contribution in [0.15, 0.2) is 12.1 Å². The summed E-state index contributed by atoms with van der Waals surface area (Å²) in [7, 11) is 1.24. The van der Waals surface area contributed by atoms with Crippen molar-refractivity contribution < 1.29 is 19.1 Å². The number of nitrogens with two attached hydrogens (primary N) is 1. The van der Waals surface area contributed by atoms with Gasteiger partial charge in [-0.05, 0) is 18.6 Å². The van der Waals surface area contributed by atoms with E-state index in [1.807, 2.05) is 6.92 Å². The molecule has 0 radical (unpaired) electrons. The van der Waals surface area contributed by atoms with Crippen molar-refractivity contribution in [2.45, 2.75) is 19.8 Å². The molecule has 6 nitrogen and oxygen atoms in total. The van der Waals surface area contributed by atoms with E-state index in [2.05, 4.69) is 9.72 Å². The third kappa shape index (κ3) is 3.44. The molecular formula is C12H16N2O4. The molecule has 0 unspecified atom stereocenters. The Morgan fingerprint density at radius 2 is 2.06 bits per heavy atom. The van der Waals surface area contributed by atoms with Gasteiger partial charge in [0, 0.05) is 0 Å². The Kier molecular flexibility index (Phi) is 5.10. The van der Waals surface area contributed by atoms with E-state index in [0.717, 1.165) is 12.8 Å². The monoisotopic (exact) mass is 252 g/mol. The summed E-state index contributed by atoms with van der Waals surface area (Å²) < 4.78 is 9.50. The summed E-state index contributed by atoms with van der Waals surface area (Å²) in [6.45, 7) is 2.34. The molecule has 0 aliphatic rings. The molecule has 6 heteroatoms. The number of rotatable bonds is 5. The normalized spacial score (nSPS) is 9.89. The Morgan fingerprint density at radius 1 is 1.33 bits per heavy atom. The van der Waals surface area contributed by atoms with Crippen LogP contribution in [0, 0.1) is 0 Å². The number of carbonyl (C=O) groups excluding carboxylic acids is 2. The molecule has 0 saturated heterocycles. The lowest BCUT2D eigenvalue weighted by atomic mass is 10.2. The van der Waals surface area contributed by atoms with E-state index < -0.39 is 11.9 Å². The maximum Gasteiger partial charge on any atom is 0.357 e. The lowest BCUT2D eigenvalue weighted by Crippen LogP contribution is -2.13. The molecular weight excluding hydrogens is 236 g/mol. The van der Waals surface area contributed by atoms with Gasteiger partial charge in [-0.2, -0.15) is 0 Å². The van der Waals surface area contributed by atoms with Gasteiger partial charge in [-0.1, -0.05) is 13.3 Å². The largest absolute Gasteiger partial charge is 0.465 e. The zero-order chi connectivity index (χ0) is 13.5. The van der Waals surface area contributed by atoms with Gasteiger partial charge in [-0.3, -0.25) is 0 Å². The second-order valence-electron chi connectivity index (χ2n) is 3.61. The van der Waals surface area contributed by atoms with Crippen LogP contribution in [0.25, 0.3) is 0 Å². The number of unbranched alkanes of at least 4 members (excludes halogenated alkanes) is 1. The molecule has 1 heterocycles. The molecule has 0 atom stereocenters. The first-order valence-electron chi connectivity index (χ1n) is 5.62. The van der Waals surface area contributed by atoms with Crippen LogP contribution in [0.2, 0.25) is 0 Å². The predicted octanol–water partition coefficient (Wildman–Crippen LogP) is 1.41. The molecule has 0 fully saturated rings. The SMILES string of the molecule is CCCCOC(=O)c1ccc(C(=O)OC)c(N)n1. The molecule has 0 bridgehead atoms. The number of ether oxygens (including phenoxy) is 2. The fraction of sp³-hybridized carbons (Fsp3) is 0.417. The van der Waals surface area contributed by atoms with E-state index in [4.69, 9.17) is 10.5 Å². The van der Waals surface area contributed by atoms with Crippen molar-refractivity contribution in [2.24, 2.45) is 0 Å². The molecule has 2 N–H and O–H groups in total. The minimum atomic E-state index is -0.592. The number of methoxy groups -OCH3 is 1. The van der Waals surface area contributed by atoms with Gasteiger partial charge in [0.2, 0.25) is 0 Å². The molecule has 0 aliphatic carbocycles. The minimum Gasteiger partial charge on any atom is -0.465 e. The minimum absolute atomic E-state index is 0.0493. The van der Waals surface area contributed by atoms with Crippen molar-refractivity contribution in [3.8, 4) is 0 Å². The van der Waals surface area contributed by atoms with Gasteiger partial charge in [-0.25, -0.2) is 14.6 Å². The van der Waals surface area contributed by atoms with Gasteiger partial charge < -0.3 is 15.2 Å². The zero-order valence-electron chi connectivity index (χ0n) is 10.4. The van der Waals surface area contributed by atoms with Crippen molar-refractivity contribution in [1.29, 1.82) is 0 Å². The van der Waals surface area contributed by atoms with Crippen molar-refractivity contribution in [3.05, 3.63) is 23.4 Å². The summed E-state index contributed by atoms with van der Waals surface area (Å²) in [6.07, 6.45) is 1.73. The fourth-order valence-corrected chi connectivity index (χ4v) is 1.25. The molecule has 1 aromatic heterocycles. The number of aromatic nitrogens is 1. The third-order valence-corrected chi connectivity index (χ3v) is 2.27. The fourth-order valence-electron chi connectivity index (χ4n) is 1.25. The van der Waals surface area contributed by atoms with Crippen LogP contribution in [0.1, 0.15) is 40.6 Å². The standard InChI is InChI=1S/C12H16N2O4/c1-3-4-7-18-12(16)9-6-5-8(10(13)14-9)11(15)17-2/h5-6H,3-4,7H2,1-2H3,(H2,13,14). The highest BCUT2D eigenvalue weighted by molar-refractivity contribution is 5.96. The Bertz CT molecular complexity index is 446. The lowest BCUT2D eigenvalue weighted by Gasteiger charge is -2.06. The Hall–Kier alpha value is -2.11. The molecule has 0 aromatic carbocycles. The zero-order valence-corrected chi connectivity index (χ0v) is 10.4. The number of anilines is 1. The molecule has 0 aliphatic heterocycles. The quantitative estimate of drug-likeness (QED) is 0.629. The van der Waals surface area contributed by atoms with Crippen LogP contribution in [0.5, 0.6) is 0 Å². The Morgan fingerprint density at radius 3 is 2.61 bits per heavy atom. The number of nitrogen functional groups attached to an aromatic ring is 1. The van der Waals surface area contributed by atoms with Gasteiger partial charge in [0.1, 0.15) is 11.4 Å². The summed E-state index contributed by atoms with van der Waals surface area (Å²) in [5, 5.41) is 0. The summed E-state index contributed by atoms with van der Waals surface area (Å²) in [6, 6.07) is 2.78. The average Bonchev–Trinajstić information content (AvgIpc) is 2.38. The van der Waals surface area contributed by atoms with E-state index >= 15 is 0 Å². The molecule has 0 spiro atoms. The number of carbonyl (C=O) groups is 2. The van der Waals surface area contributed by atoms with Crippen LogP contribution >= 0.6 is 0 Å². The number of hydrogen-bond donors (Lipinski definition) is 1. The highest BCUT2D eigenvalue weighted by atomic mass is 16.5. The van der Waals surface area contributed by atoms with E-state index in [0.29, 0.717) is 6.61 Å². The van der Waals surface area contributed by atoms with Gasteiger partial charge in [0.05, 0.1) is 13.7 Å². The van der Waals surface area contributed by atoms with Crippen molar-refractivity contribution >= 4 is 17.8 Å². The molecule has 0 amide bonds. The highest BCUT2D eigenvalue weighted by Gasteiger charge is 2.15. The third-order valence-electron chi connectivity index (χ3n) is 2.27. The van der Waals surface area contributed by atoms with Crippen LogP contribution in [0.4, 0.5) is 5.82 Å². The second-order valence-corrected chi connectivity index (χ2v) is 3.61. The average molecular weight is 252 g/mol. The summed E-state index contributed by atoms with van der Waals surface area (Å²) in [4.78, 5) is 26.7. The first-order valence-corrected chi connectivity index (χ1v) is 5.62. The molecule has 18 heavy (non-hydrogen) atoms. The maximum atomic E-state index is 11.6. The van der Waals surface area contributed by atoms with Gasteiger partial charge in [0.25, 0.3) is 0 Å². The van der Waals surface area contributed by atoms with E-state index in [1.165, 1.54) is 19.2 Å². The van der Waals surface area contributed by atoms with E-state index in [9.17, 15) is 9.59 Å². The van der Waals surface area contributed by atoms with Crippen molar-refractivity contribution in [2.75, 3.05) is 19.5 Å². The van der Waals surface area contributed by atoms with Crippen LogP contribution in [-0.2, 0) is 9.47 Å². The maximum absolute atomic E-state index is 11.6. The number of esters is 2. The van der Waals surface area contributed by atoms with Crippen LogP contribution in [-0.4, -0.2) is 30.6 Å². The molecule has 1 aromatic rings. The number of hydrogen-bond acceptors (Lipinski definition) is 6. The van der Waals surface area contributed by atoms with Gasteiger partial charge in [-0.15, -0.1) is 0 Å². The molecule has 98 valence electrons. The summed E-state index contributed by atoms with van der Waals surface area (Å²) in [5.74, 6) is -1.19. The molecule has 1 rings (SSSR count). The van der Waals surface area contributed by atoms with Gasteiger partial charge in [0.15, 0.2) is 5.69 Å². The number of nitrogens with zero attached hydrogens (tertiary/aromatic N) is 1. The van der Waals surface area contributed by atoms with Crippen molar-refractivity contribution in [3.63, 3.8) is 0 Å². The number of pyridine rings is 1.